The molecule has 1 N–H and O–H groups in total. The molecule has 2 aromatic heterocycles. The van der Waals surface area contributed by atoms with Crippen LogP contribution in [0.5, 0.6) is 0 Å². The van der Waals surface area contributed by atoms with Crippen LogP contribution in [0.2, 0.25) is 0 Å². The molecule has 28 heavy (non-hydrogen) atoms. The monoisotopic (exact) mass is 437 g/mol. The first-order chi connectivity index (χ1) is 13.7. The van der Waals surface area contributed by atoms with E-state index in [1.165, 1.54) is 0 Å². The molecule has 0 aliphatic heterocycles. The lowest BCUT2D eigenvalue weighted by molar-refractivity contribution is 0.112. The molecule has 142 valence electrons. The molecule has 4 rings (SSSR count). The Bertz CT molecular complexity index is 1050. The van der Waals surface area contributed by atoms with E-state index in [2.05, 4.69) is 60.6 Å². The number of anilines is 1. The van der Waals surface area contributed by atoms with Crippen molar-refractivity contribution < 1.29 is 4.74 Å². The van der Waals surface area contributed by atoms with E-state index < -0.39 is 0 Å². The maximum atomic E-state index is 6.02. The van der Waals surface area contributed by atoms with Gasteiger partial charge in [-0.2, -0.15) is 5.10 Å². The predicted molar refractivity (Wildman–Crippen MR) is 113 cm³/mol. The van der Waals surface area contributed by atoms with Gasteiger partial charge in [0, 0.05) is 7.05 Å². The fraction of sp³-hybridized carbons (Fsp3) is 0.190. The minimum atomic E-state index is -0.0601. The Hall–Kier alpha value is -2.77. The van der Waals surface area contributed by atoms with E-state index in [4.69, 9.17) is 4.74 Å². The Labute approximate surface area is 171 Å². The van der Waals surface area contributed by atoms with Gasteiger partial charge < -0.3 is 10.1 Å². The summed E-state index contributed by atoms with van der Waals surface area (Å²) < 4.78 is 8.46. The number of halogens is 1. The average molecular weight is 438 g/mol. The highest BCUT2D eigenvalue weighted by Crippen LogP contribution is 2.29. The van der Waals surface area contributed by atoms with Crippen LogP contribution in [0.4, 0.5) is 5.82 Å². The highest BCUT2D eigenvalue weighted by Gasteiger charge is 2.18. The number of nitrogens with zero attached hydrogens (tertiary/aromatic N) is 4. The van der Waals surface area contributed by atoms with Gasteiger partial charge in [0.05, 0.1) is 24.6 Å². The zero-order valence-electron chi connectivity index (χ0n) is 15.4. The van der Waals surface area contributed by atoms with Crippen LogP contribution in [0.15, 0.2) is 71.6 Å². The summed E-state index contributed by atoms with van der Waals surface area (Å²) in [5.74, 6) is 0.724. The van der Waals surface area contributed by atoms with Crippen molar-refractivity contribution in [3.05, 3.63) is 82.7 Å². The standard InChI is InChI=1S/C21H20BrN5O/c1-27-21-18(19(22)26-27)20(23-14-24-21)25-17(16-10-6-3-7-11-16)13-28-12-15-8-4-2-5-9-15/h2-11,14,17H,12-13H2,1H3,(H,23,24,25). The summed E-state index contributed by atoms with van der Waals surface area (Å²) >= 11 is 3.51. The van der Waals surface area contributed by atoms with Crippen molar-refractivity contribution in [2.75, 3.05) is 11.9 Å². The fourth-order valence-corrected chi connectivity index (χ4v) is 3.69. The van der Waals surface area contributed by atoms with E-state index in [-0.39, 0.29) is 6.04 Å². The number of aromatic nitrogens is 4. The molecule has 0 amide bonds. The molecule has 4 aromatic rings. The van der Waals surface area contributed by atoms with Gasteiger partial charge in [-0.1, -0.05) is 60.7 Å². The SMILES string of the molecule is Cn1nc(Br)c2c(NC(COCc3ccccc3)c3ccccc3)ncnc21. The number of rotatable bonds is 7. The van der Waals surface area contributed by atoms with Crippen LogP contribution in [0.25, 0.3) is 11.0 Å². The fourth-order valence-electron chi connectivity index (χ4n) is 3.09. The first-order valence-electron chi connectivity index (χ1n) is 8.98. The Morgan fingerprint density at radius 1 is 1.04 bits per heavy atom. The number of aryl methyl sites for hydroxylation is 1. The van der Waals surface area contributed by atoms with E-state index in [0.717, 1.165) is 28.0 Å². The van der Waals surface area contributed by atoms with E-state index in [0.29, 0.717) is 17.8 Å². The first kappa shape index (κ1) is 18.6. The minimum Gasteiger partial charge on any atom is -0.374 e. The normalized spacial score (nSPS) is 12.2. The molecule has 0 saturated carbocycles. The summed E-state index contributed by atoms with van der Waals surface area (Å²) in [6, 6.07) is 20.3. The van der Waals surface area contributed by atoms with Gasteiger partial charge in [0.25, 0.3) is 0 Å². The second kappa shape index (κ2) is 8.50. The lowest BCUT2D eigenvalue weighted by atomic mass is 10.1. The average Bonchev–Trinajstić information content (AvgIpc) is 3.03. The quantitative estimate of drug-likeness (QED) is 0.461. The molecule has 0 spiro atoms. The van der Waals surface area contributed by atoms with E-state index in [1.54, 1.807) is 11.0 Å². The minimum absolute atomic E-state index is 0.0601. The van der Waals surface area contributed by atoms with Crippen LogP contribution in [0.1, 0.15) is 17.2 Å². The summed E-state index contributed by atoms with van der Waals surface area (Å²) in [7, 11) is 1.86. The van der Waals surface area contributed by atoms with Gasteiger partial charge in [-0.3, -0.25) is 0 Å². The maximum absolute atomic E-state index is 6.02. The van der Waals surface area contributed by atoms with Gasteiger partial charge in [-0.25, -0.2) is 14.6 Å². The van der Waals surface area contributed by atoms with Gasteiger partial charge in [-0.05, 0) is 27.1 Å². The van der Waals surface area contributed by atoms with Gasteiger partial charge in [0.2, 0.25) is 0 Å². The van der Waals surface area contributed by atoms with Crippen LogP contribution in [-0.4, -0.2) is 26.4 Å². The van der Waals surface area contributed by atoms with E-state index in [9.17, 15) is 0 Å². The van der Waals surface area contributed by atoms with E-state index >= 15 is 0 Å². The number of fused-ring (bicyclic) bond motifs is 1. The zero-order valence-corrected chi connectivity index (χ0v) is 17.0. The summed E-state index contributed by atoms with van der Waals surface area (Å²) in [6.45, 7) is 1.06. The van der Waals surface area contributed by atoms with Crippen molar-refractivity contribution >= 4 is 32.8 Å². The molecule has 1 unspecified atom stereocenters. The lowest BCUT2D eigenvalue weighted by Gasteiger charge is -2.20. The highest BCUT2D eigenvalue weighted by atomic mass is 79.9. The molecule has 7 heteroatoms. The molecule has 2 aromatic carbocycles. The van der Waals surface area contributed by atoms with Crippen LogP contribution in [-0.2, 0) is 18.4 Å². The van der Waals surface area contributed by atoms with Crippen molar-refractivity contribution in [3.63, 3.8) is 0 Å². The van der Waals surface area contributed by atoms with Crippen LogP contribution >= 0.6 is 15.9 Å². The van der Waals surface area contributed by atoms with Crippen molar-refractivity contribution in [1.29, 1.82) is 0 Å². The second-order valence-electron chi connectivity index (χ2n) is 6.44. The Morgan fingerprint density at radius 3 is 2.50 bits per heavy atom. The third-order valence-electron chi connectivity index (χ3n) is 4.49. The maximum Gasteiger partial charge on any atom is 0.164 e. The van der Waals surface area contributed by atoms with Crippen LogP contribution < -0.4 is 5.32 Å². The van der Waals surface area contributed by atoms with Crippen LogP contribution in [0, 0.1) is 0 Å². The topological polar surface area (TPSA) is 64.9 Å². The number of nitrogens with one attached hydrogen (secondary N) is 1. The van der Waals surface area contributed by atoms with Crippen molar-refractivity contribution in [2.45, 2.75) is 12.6 Å². The number of ether oxygens (including phenoxy) is 1. The van der Waals surface area contributed by atoms with Crippen LogP contribution in [0.3, 0.4) is 0 Å². The second-order valence-corrected chi connectivity index (χ2v) is 7.19. The molecule has 2 heterocycles. The smallest absolute Gasteiger partial charge is 0.164 e. The van der Waals surface area contributed by atoms with E-state index in [1.807, 2.05) is 43.4 Å². The molecular weight excluding hydrogens is 418 g/mol. The molecule has 0 bridgehead atoms. The van der Waals surface area contributed by atoms with Crippen molar-refractivity contribution in [2.24, 2.45) is 7.05 Å². The molecule has 0 radical (unpaired) electrons. The van der Waals surface area contributed by atoms with Crippen molar-refractivity contribution in [3.8, 4) is 0 Å². The highest BCUT2D eigenvalue weighted by molar-refractivity contribution is 9.10. The van der Waals surface area contributed by atoms with Gasteiger partial charge >= 0.3 is 0 Å². The summed E-state index contributed by atoms with van der Waals surface area (Å²) in [4.78, 5) is 8.78. The van der Waals surface area contributed by atoms with Gasteiger partial charge in [-0.15, -0.1) is 0 Å². The molecule has 0 saturated heterocycles. The first-order valence-corrected chi connectivity index (χ1v) is 9.78. The largest absolute Gasteiger partial charge is 0.374 e. The molecule has 0 aliphatic carbocycles. The van der Waals surface area contributed by atoms with Gasteiger partial charge in [0.15, 0.2) is 5.65 Å². The molecule has 0 fully saturated rings. The summed E-state index contributed by atoms with van der Waals surface area (Å²) in [6.07, 6.45) is 1.55. The number of benzene rings is 2. The van der Waals surface area contributed by atoms with Gasteiger partial charge in [0.1, 0.15) is 16.7 Å². The molecule has 0 aliphatic rings. The Balaban J connectivity index is 1.58. The Kier molecular flexibility index (Phi) is 5.64. The number of hydrogen-bond donors (Lipinski definition) is 1. The predicted octanol–water partition coefficient (Wildman–Crippen LogP) is 4.50. The zero-order chi connectivity index (χ0) is 19.3. The number of hydrogen-bond acceptors (Lipinski definition) is 5. The summed E-state index contributed by atoms with van der Waals surface area (Å²) in [5, 5.41) is 8.77. The molecule has 1 atom stereocenters. The third-order valence-corrected chi connectivity index (χ3v) is 5.04. The lowest BCUT2D eigenvalue weighted by Crippen LogP contribution is -2.18. The third kappa shape index (κ3) is 4.05. The molecule has 6 nitrogen and oxygen atoms in total. The van der Waals surface area contributed by atoms with Crippen molar-refractivity contribution in [1.82, 2.24) is 19.7 Å². The summed E-state index contributed by atoms with van der Waals surface area (Å²) in [5.41, 5.74) is 3.04. The molecular formula is C21H20BrN5O. The Morgan fingerprint density at radius 2 is 1.75 bits per heavy atom.